The van der Waals surface area contributed by atoms with Gasteiger partial charge in [-0.2, -0.15) is 0 Å². The minimum absolute atomic E-state index is 0.493. The Kier molecular flexibility index (Phi) is 11.8. The molecule has 104 valence electrons. The maximum Gasteiger partial charge on any atom is 0.0586 e. The van der Waals surface area contributed by atoms with Crippen LogP contribution in [-0.2, 0) is 0 Å². The summed E-state index contributed by atoms with van der Waals surface area (Å²) in [7, 11) is -0.493. The zero-order chi connectivity index (χ0) is 13.0. The van der Waals surface area contributed by atoms with E-state index in [0.717, 1.165) is 0 Å². The second-order valence-electron chi connectivity index (χ2n) is 6.55. The van der Waals surface area contributed by atoms with Crippen LogP contribution in [0.5, 0.6) is 0 Å². The highest BCUT2D eigenvalue weighted by molar-refractivity contribution is 7.73. The van der Waals surface area contributed by atoms with Gasteiger partial charge in [0.1, 0.15) is 0 Å². The lowest BCUT2D eigenvalue weighted by molar-refractivity contribution is 0.554. The van der Waals surface area contributed by atoms with Crippen molar-refractivity contribution in [2.45, 2.75) is 77.6 Å². The van der Waals surface area contributed by atoms with Gasteiger partial charge in [0.2, 0.25) is 0 Å². The Morgan fingerprint density at radius 2 is 0.882 bits per heavy atom. The first-order chi connectivity index (χ1) is 8.06. The summed E-state index contributed by atoms with van der Waals surface area (Å²) in [5, 5.41) is 0. The predicted molar refractivity (Wildman–Crippen MR) is 86.0 cm³/mol. The molecule has 0 radical (unpaired) electrons. The van der Waals surface area contributed by atoms with E-state index in [1.807, 2.05) is 0 Å². The summed E-state index contributed by atoms with van der Waals surface area (Å²) in [6.45, 7) is 9.68. The molecular formula is C16H36P+. The summed E-state index contributed by atoms with van der Waals surface area (Å²) in [4.78, 5) is 0. The standard InChI is InChI=1S/C16H36P/c1-5-6-7-8-9-10-11-12-13-14-15-16-17(2,3)4/h5-16H2,1-4H3/q+1. The van der Waals surface area contributed by atoms with Crippen molar-refractivity contribution < 1.29 is 0 Å². The van der Waals surface area contributed by atoms with Crippen LogP contribution in [0.4, 0.5) is 0 Å². The molecule has 0 saturated heterocycles. The van der Waals surface area contributed by atoms with E-state index in [0.29, 0.717) is 0 Å². The fourth-order valence-corrected chi connectivity index (χ4v) is 3.42. The summed E-state index contributed by atoms with van der Waals surface area (Å²) >= 11 is 0. The second kappa shape index (κ2) is 11.5. The normalized spacial score (nSPS) is 12.0. The van der Waals surface area contributed by atoms with Crippen LogP contribution in [-0.4, -0.2) is 26.2 Å². The van der Waals surface area contributed by atoms with Crippen LogP contribution in [0.3, 0.4) is 0 Å². The number of unbranched alkanes of at least 4 members (excludes halogenated alkanes) is 10. The first-order valence-electron chi connectivity index (χ1n) is 7.86. The van der Waals surface area contributed by atoms with Gasteiger partial charge in [-0.25, -0.2) is 0 Å². The third-order valence-corrected chi connectivity index (χ3v) is 5.09. The van der Waals surface area contributed by atoms with Gasteiger partial charge in [0.25, 0.3) is 0 Å². The molecule has 0 aromatic heterocycles. The number of rotatable bonds is 12. The van der Waals surface area contributed by atoms with Gasteiger partial charge in [-0.15, -0.1) is 0 Å². The Labute approximate surface area is 111 Å². The van der Waals surface area contributed by atoms with Gasteiger partial charge in [0, 0.05) is 27.3 Å². The Balaban J connectivity index is 2.99. The molecule has 0 spiro atoms. The van der Waals surface area contributed by atoms with Gasteiger partial charge >= 0.3 is 0 Å². The van der Waals surface area contributed by atoms with Crippen LogP contribution < -0.4 is 0 Å². The Morgan fingerprint density at radius 1 is 0.529 bits per heavy atom. The van der Waals surface area contributed by atoms with Crippen molar-refractivity contribution in [1.82, 2.24) is 0 Å². The quantitative estimate of drug-likeness (QED) is 0.289. The molecule has 0 N–H and O–H groups in total. The van der Waals surface area contributed by atoms with E-state index in [9.17, 15) is 0 Å². The Morgan fingerprint density at radius 3 is 1.24 bits per heavy atom. The molecule has 0 aliphatic carbocycles. The first kappa shape index (κ1) is 17.4. The largest absolute Gasteiger partial charge is 0.0654 e. The van der Waals surface area contributed by atoms with E-state index >= 15 is 0 Å². The molecule has 0 atom stereocenters. The van der Waals surface area contributed by atoms with Crippen LogP contribution >= 0.6 is 7.26 Å². The smallest absolute Gasteiger partial charge is 0.0586 e. The van der Waals surface area contributed by atoms with Crippen LogP contribution in [0.1, 0.15) is 77.6 Å². The number of hydrogen-bond acceptors (Lipinski definition) is 0. The lowest BCUT2D eigenvalue weighted by Crippen LogP contribution is -1.92. The van der Waals surface area contributed by atoms with Gasteiger partial charge in [0.15, 0.2) is 0 Å². The minimum atomic E-state index is -0.493. The molecule has 0 fully saturated rings. The molecule has 0 aliphatic heterocycles. The van der Waals surface area contributed by atoms with E-state index in [2.05, 4.69) is 26.9 Å². The molecule has 0 heterocycles. The zero-order valence-corrected chi connectivity index (χ0v) is 13.8. The van der Waals surface area contributed by atoms with Crippen LogP contribution in [0, 0.1) is 0 Å². The molecule has 0 aromatic carbocycles. The Hall–Kier alpha value is 0.430. The highest BCUT2D eigenvalue weighted by atomic mass is 31.2. The van der Waals surface area contributed by atoms with Crippen molar-refractivity contribution in [3.8, 4) is 0 Å². The van der Waals surface area contributed by atoms with Crippen molar-refractivity contribution in [2.24, 2.45) is 0 Å². The molecule has 0 amide bonds. The summed E-state index contributed by atoms with van der Waals surface area (Å²) in [6, 6.07) is 0. The second-order valence-corrected chi connectivity index (χ2v) is 11.6. The molecule has 0 rings (SSSR count). The molecule has 0 aromatic rings. The van der Waals surface area contributed by atoms with Crippen LogP contribution in [0.25, 0.3) is 0 Å². The highest BCUT2D eigenvalue weighted by Gasteiger charge is 2.15. The molecular weight excluding hydrogens is 223 g/mol. The van der Waals surface area contributed by atoms with E-state index in [1.54, 1.807) is 0 Å². The topological polar surface area (TPSA) is 0 Å². The van der Waals surface area contributed by atoms with Crippen LogP contribution in [0.2, 0.25) is 0 Å². The number of hydrogen-bond donors (Lipinski definition) is 0. The van der Waals surface area contributed by atoms with Gasteiger partial charge < -0.3 is 0 Å². The van der Waals surface area contributed by atoms with E-state index in [-0.39, 0.29) is 0 Å². The molecule has 0 nitrogen and oxygen atoms in total. The van der Waals surface area contributed by atoms with Gasteiger partial charge in [-0.05, 0) is 12.8 Å². The Bertz CT molecular complexity index is 146. The fraction of sp³-hybridized carbons (Fsp3) is 1.00. The van der Waals surface area contributed by atoms with Crippen molar-refractivity contribution >= 4 is 7.26 Å². The molecule has 1 heteroatoms. The lowest BCUT2D eigenvalue weighted by Gasteiger charge is -2.10. The maximum atomic E-state index is 2.46. The maximum absolute atomic E-state index is 2.46. The summed E-state index contributed by atoms with van der Waals surface area (Å²) in [5.74, 6) is 0. The van der Waals surface area contributed by atoms with Gasteiger partial charge in [-0.1, -0.05) is 64.7 Å². The average molecular weight is 259 g/mol. The molecule has 0 saturated carbocycles. The molecule has 0 bridgehead atoms. The van der Waals surface area contributed by atoms with Crippen molar-refractivity contribution in [2.75, 3.05) is 26.2 Å². The minimum Gasteiger partial charge on any atom is -0.0654 e. The zero-order valence-electron chi connectivity index (χ0n) is 12.9. The van der Waals surface area contributed by atoms with Gasteiger partial charge in [0.05, 0.1) is 6.16 Å². The van der Waals surface area contributed by atoms with Crippen molar-refractivity contribution in [1.29, 1.82) is 0 Å². The van der Waals surface area contributed by atoms with Crippen molar-refractivity contribution in [3.05, 3.63) is 0 Å². The molecule has 0 unspecified atom stereocenters. The van der Waals surface area contributed by atoms with Crippen LogP contribution in [0.15, 0.2) is 0 Å². The predicted octanol–water partition coefficient (Wildman–Crippen LogP) is 6.20. The molecule has 17 heavy (non-hydrogen) atoms. The first-order valence-corrected chi connectivity index (χ1v) is 11.2. The summed E-state index contributed by atoms with van der Waals surface area (Å²) in [6.07, 6.45) is 17.6. The third kappa shape index (κ3) is 16.4. The summed E-state index contributed by atoms with van der Waals surface area (Å²) in [5.41, 5.74) is 0. The fourth-order valence-electron chi connectivity index (χ4n) is 2.25. The average Bonchev–Trinajstić information content (AvgIpc) is 2.24. The summed E-state index contributed by atoms with van der Waals surface area (Å²) < 4.78 is 0. The SMILES string of the molecule is CCCCCCCCCCCCC[P+](C)(C)C. The monoisotopic (exact) mass is 259 g/mol. The highest BCUT2D eigenvalue weighted by Crippen LogP contribution is 2.47. The van der Waals surface area contributed by atoms with Crippen molar-refractivity contribution in [3.63, 3.8) is 0 Å². The third-order valence-electron chi connectivity index (χ3n) is 3.43. The van der Waals surface area contributed by atoms with E-state index in [4.69, 9.17) is 0 Å². The van der Waals surface area contributed by atoms with Gasteiger partial charge in [-0.3, -0.25) is 0 Å². The molecule has 0 aliphatic rings. The van der Waals surface area contributed by atoms with E-state index < -0.39 is 7.26 Å². The lowest BCUT2D eigenvalue weighted by atomic mass is 10.1. The van der Waals surface area contributed by atoms with E-state index in [1.165, 1.54) is 76.8 Å².